The lowest BCUT2D eigenvalue weighted by atomic mass is 9.80. The molecule has 3 nitrogen and oxygen atoms in total. The molecule has 0 atom stereocenters. The van der Waals surface area contributed by atoms with Gasteiger partial charge in [-0.2, -0.15) is 0 Å². The van der Waals surface area contributed by atoms with Gasteiger partial charge in [-0.1, -0.05) is 28.1 Å². The summed E-state index contributed by atoms with van der Waals surface area (Å²) in [6.45, 7) is 0.701. The topological polar surface area (TPSA) is 55.1 Å². The minimum Gasteiger partial charge on any atom is -0.356 e. The Hall–Kier alpha value is -0.870. The van der Waals surface area contributed by atoms with Crippen molar-refractivity contribution in [1.82, 2.24) is 5.32 Å². The van der Waals surface area contributed by atoms with Crippen molar-refractivity contribution in [2.75, 3.05) is 6.54 Å². The normalized spacial score (nSPS) is 22.9. The van der Waals surface area contributed by atoms with Gasteiger partial charge in [-0.3, -0.25) is 4.79 Å². The Morgan fingerprint density at radius 1 is 1.35 bits per heavy atom. The zero-order valence-corrected chi connectivity index (χ0v) is 11.2. The lowest BCUT2D eigenvalue weighted by Gasteiger charge is -2.31. The third kappa shape index (κ3) is 3.54. The van der Waals surface area contributed by atoms with Gasteiger partial charge in [0.2, 0.25) is 5.91 Å². The highest BCUT2D eigenvalue weighted by atomic mass is 79.9. The highest BCUT2D eigenvalue weighted by Gasteiger charge is 2.31. The Labute approximate surface area is 110 Å². The Bertz CT molecular complexity index is 385. The van der Waals surface area contributed by atoms with Gasteiger partial charge in [0.15, 0.2) is 0 Å². The van der Waals surface area contributed by atoms with Gasteiger partial charge >= 0.3 is 0 Å². The molecule has 0 aromatic heterocycles. The minimum absolute atomic E-state index is 0.148. The Morgan fingerprint density at radius 2 is 2.00 bits per heavy atom. The molecule has 17 heavy (non-hydrogen) atoms. The summed E-state index contributed by atoms with van der Waals surface area (Å²) in [6, 6.07) is 8.40. The van der Waals surface area contributed by atoms with Crippen LogP contribution in [-0.4, -0.2) is 18.5 Å². The molecule has 0 radical (unpaired) electrons. The van der Waals surface area contributed by atoms with Crippen LogP contribution in [0.2, 0.25) is 0 Å². The third-order valence-electron chi connectivity index (χ3n) is 3.17. The number of rotatable bonds is 4. The fraction of sp³-hybridized carbons (Fsp3) is 0.462. The number of nitrogens with two attached hydrogens (primary N) is 1. The van der Waals surface area contributed by atoms with E-state index >= 15 is 0 Å². The fourth-order valence-electron chi connectivity index (χ4n) is 2.00. The van der Waals surface area contributed by atoms with Gasteiger partial charge in [0.25, 0.3) is 0 Å². The summed E-state index contributed by atoms with van der Waals surface area (Å²) in [5.41, 5.74) is 6.89. The van der Waals surface area contributed by atoms with Gasteiger partial charge in [-0.05, 0) is 37.0 Å². The van der Waals surface area contributed by atoms with Gasteiger partial charge in [-0.25, -0.2) is 0 Å². The SMILES string of the molecule is NC1CC(C(=O)NCCc2ccc(Br)cc2)C1. The van der Waals surface area contributed by atoms with Crippen molar-refractivity contribution in [3.05, 3.63) is 34.3 Å². The summed E-state index contributed by atoms with van der Waals surface area (Å²) >= 11 is 3.40. The summed E-state index contributed by atoms with van der Waals surface area (Å²) in [6.07, 6.45) is 2.55. The van der Waals surface area contributed by atoms with Crippen LogP contribution < -0.4 is 11.1 Å². The molecule has 0 aliphatic heterocycles. The number of nitrogens with one attached hydrogen (secondary N) is 1. The molecule has 4 heteroatoms. The maximum Gasteiger partial charge on any atom is 0.223 e. The Morgan fingerprint density at radius 3 is 2.59 bits per heavy atom. The van der Waals surface area contributed by atoms with Gasteiger partial charge in [-0.15, -0.1) is 0 Å². The first kappa shape index (κ1) is 12.6. The summed E-state index contributed by atoms with van der Waals surface area (Å²) in [4.78, 5) is 11.6. The van der Waals surface area contributed by atoms with Crippen LogP contribution in [0.4, 0.5) is 0 Å². The number of benzene rings is 1. The molecule has 0 spiro atoms. The molecule has 1 aliphatic carbocycles. The molecule has 3 N–H and O–H groups in total. The molecular weight excluding hydrogens is 280 g/mol. The summed E-state index contributed by atoms with van der Waals surface area (Å²) in [7, 11) is 0. The average molecular weight is 297 g/mol. The highest BCUT2D eigenvalue weighted by Crippen LogP contribution is 2.25. The maximum atomic E-state index is 11.6. The van der Waals surface area contributed by atoms with Gasteiger partial charge < -0.3 is 11.1 Å². The molecule has 1 aromatic carbocycles. The van der Waals surface area contributed by atoms with Crippen LogP contribution >= 0.6 is 15.9 Å². The second kappa shape index (κ2) is 5.65. The largest absolute Gasteiger partial charge is 0.356 e. The van der Waals surface area contributed by atoms with Crippen LogP contribution in [0.25, 0.3) is 0 Å². The number of carbonyl (C=O) groups is 1. The molecule has 2 rings (SSSR count). The predicted molar refractivity (Wildman–Crippen MR) is 71.6 cm³/mol. The van der Waals surface area contributed by atoms with E-state index in [1.165, 1.54) is 5.56 Å². The quantitative estimate of drug-likeness (QED) is 0.891. The van der Waals surface area contributed by atoms with Gasteiger partial charge in [0.05, 0.1) is 0 Å². The first-order valence-corrected chi connectivity index (χ1v) is 6.72. The molecule has 1 saturated carbocycles. The van der Waals surface area contributed by atoms with E-state index in [0.717, 1.165) is 23.7 Å². The van der Waals surface area contributed by atoms with E-state index in [1.807, 2.05) is 12.1 Å². The van der Waals surface area contributed by atoms with E-state index in [1.54, 1.807) is 0 Å². The number of amides is 1. The van der Waals surface area contributed by atoms with Crippen LogP contribution in [-0.2, 0) is 11.2 Å². The Balaban J connectivity index is 1.69. The summed E-state index contributed by atoms with van der Waals surface area (Å²) < 4.78 is 1.08. The average Bonchev–Trinajstić information content (AvgIpc) is 2.27. The van der Waals surface area contributed by atoms with E-state index < -0.39 is 0 Å². The zero-order valence-electron chi connectivity index (χ0n) is 9.66. The summed E-state index contributed by atoms with van der Waals surface area (Å²) in [5, 5.41) is 2.96. The molecule has 0 bridgehead atoms. The first-order chi connectivity index (χ1) is 8.15. The maximum absolute atomic E-state index is 11.6. The van der Waals surface area contributed by atoms with Crippen molar-refractivity contribution in [2.24, 2.45) is 11.7 Å². The number of hydrogen-bond acceptors (Lipinski definition) is 2. The van der Waals surface area contributed by atoms with Crippen molar-refractivity contribution < 1.29 is 4.79 Å². The highest BCUT2D eigenvalue weighted by molar-refractivity contribution is 9.10. The van der Waals surface area contributed by atoms with Crippen LogP contribution in [0.1, 0.15) is 18.4 Å². The minimum atomic E-state index is 0.148. The predicted octanol–water partition coefficient (Wildman–Crippen LogP) is 1.85. The smallest absolute Gasteiger partial charge is 0.223 e. The number of hydrogen-bond donors (Lipinski definition) is 2. The second-order valence-electron chi connectivity index (χ2n) is 4.60. The lowest BCUT2D eigenvalue weighted by Crippen LogP contribution is -2.45. The fourth-order valence-corrected chi connectivity index (χ4v) is 2.27. The van der Waals surface area contributed by atoms with E-state index in [2.05, 4.69) is 33.4 Å². The van der Waals surface area contributed by atoms with Crippen LogP contribution in [0.5, 0.6) is 0 Å². The number of halogens is 1. The summed E-state index contributed by atoms with van der Waals surface area (Å²) in [5.74, 6) is 0.304. The standard InChI is InChI=1S/C13H17BrN2O/c14-11-3-1-9(2-4-11)5-6-16-13(17)10-7-12(15)8-10/h1-4,10,12H,5-8,15H2,(H,16,17). The second-order valence-corrected chi connectivity index (χ2v) is 5.51. The Kier molecular flexibility index (Phi) is 4.18. The molecule has 0 saturated heterocycles. The van der Waals surface area contributed by atoms with E-state index in [4.69, 9.17) is 5.73 Å². The van der Waals surface area contributed by atoms with Crippen molar-refractivity contribution in [3.63, 3.8) is 0 Å². The van der Waals surface area contributed by atoms with Crippen LogP contribution in [0.3, 0.4) is 0 Å². The molecule has 1 fully saturated rings. The molecule has 92 valence electrons. The zero-order chi connectivity index (χ0) is 12.3. The molecular formula is C13H17BrN2O. The molecule has 0 unspecified atom stereocenters. The monoisotopic (exact) mass is 296 g/mol. The first-order valence-electron chi connectivity index (χ1n) is 5.93. The number of carbonyl (C=O) groups excluding carboxylic acids is 1. The van der Waals surface area contributed by atoms with Crippen molar-refractivity contribution in [3.8, 4) is 0 Å². The van der Waals surface area contributed by atoms with E-state index in [-0.39, 0.29) is 17.9 Å². The van der Waals surface area contributed by atoms with Gasteiger partial charge in [0.1, 0.15) is 0 Å². The van der Waals surface area contributed by atoms with Gasteiger partial charge in [0, 0.05) is 23.0 Å². The van der Waals surface area contributed by atoms with Crippen molar-refractivity contribution in [2.45, 2.75) is 25.3 Å². The van der Waals surface area contributed by atoms with Crippen LogP contribution in [0, 0.1) is 5.92 Å². The molecule has 1 amide bonds. The van der Waals surface area contributed by atoms with Crippen LogP contribution in [0.15, 0.2) is 28.7 Å². The molecule has 1 aliphatic rings. The van der Waals surface area contributed by atoms with Crippen molar-refractivity contribution in [1.29, 1.82) is 0 Å². The molecule has 0 heterocycles. The molecule has 1 aromatic rings. The lowest BCUT2D eigenvalue weighted by molar-refractivity contribution is -0.127. The van der Waals surface area contributed by atoms with E-state index in [9.17, 15) is 4.79 Å². The van der Waals surface area contributed by atoms with E-state index in [0.29, 0.717) is 6.54 Å². The van der Waals surface area contributed by atoms with Crippen molar-refractivity contribution >= 4 is 21.8 Å². The third-order valence-corrected chi connectivity index (χ3v) is 3.70.